The summed E-state index contributed by atoms with van der Waals surface area (Å²) in [4.78, 5) is 29.8. The molecule has 4 nitrogen and oxygen atoms in total. The van der Waals surface area contributed by atoms with Crippen LogP contribution in [0.3, 0.4) is 0 Å². The number of hydrogen-bond donors (Lipinski definition) is 0. The van der Waals surface area contributed by atoms with Gasteiger partial charge in [-0.3, -0.25) is 14.5 Å². The van der Waals surface area contributed by atoms with Gasteiger partial charge < -0.3 is 4.90 Å². The molecule has 2 heterocycles. The van der Waals surface area contributed by atoms with Gasteiger partial charge in [-0.15, -0.1) is 0 Å². The van der Waals surface area contributed by atoms with E-state index in [1.807, 2.05) is 18.2 Å². The molecule has 0 bridgehead atoms. The van der Waals surface area contributed by atoms with E-state index >= 15 is 0 Å². The maximum absolute atomic E-state index is 13.0. The highest BCUT2D eigenvalue weighted by atomic mass is 35.5. The fraction of sp³-hybridized carbons (Fsp3) is 0.385. The average molecular weight is 469 g/mol. The van der Waals surface area contributed by atoms with Crippen molar-refractivity contribution in [1.82, 2.24) is 4.90 Å². The molecule has 4 rings (SSSR count). The molecule has 1 atom stereocenters. The maximum atomic E-state index is 13.0. The summed E-state index contributed by atoms with van der Waals surface area (Å²) in [5.74, 6) is 0.187. The van der Waals surface area contributed by atoms with E-state index < -0.39 is 0 Å². The Morgan fingerprint density at radius 3 is 2.53 bits per heavy atom. The number of fused-ring (bicyclic) bond motifs is 1. The van der Waals surface area contributed by atoms with Crippen molar-refractivity contribution in [3.05, 3.63) is 68.6 Å². The molecule has 168 valence electrons. The van der Waals surface area contributed by atoms with Crippen LogP contribution < -0.4 is 4.90 Å². The minimum absolute atomic E-state index is 0.111. The molecule has 0 spiro atoms. The first-order valence-electron chi connectivity index (χ1n) is 11.0. The van der Waals surface area contributed by atoms with Crippen molar-refractivity contribution in [1.29, 1.82) is 0 Å². The molecule has 2 aliphatic heterocycles. The predicted molar refractivity (Wildman–Crippen MR) is 134 cm³/mol. The predicted octanol–water partition coefficient (Wildman–Crippen LogP) is 7.00. The zero-order valence-corrected chi connectivity index (χ0v) is 20.8. The van der Waals surface area contributed by atoms with Crippen molar-refractivity contribution < 1.29 is 9.59 Å². The second kappa shape index (κ2) is 8.60. The molecule has 2 aromatic rings. The minimum atomic E-state index is -0.239. The Hall–Kier alpha value is -2.24. The Kier molecular flexibility index (Phi) is 6.17. The van der Waals surface area contributed by atoms with Crippen molar-refractivity contribution in [3.63, 3.8) is 0 Å². The quantitative estimate of drug-likeness (QED) is 0.453. The molecule has 1 saturated heterocycles. The minimum Gasteiger partial charge on any atom is -0.366 e. The van der Waals surface area contributed by atoms with Gasteiger partial charge >= 0.3 is 0 Å². The van der Waals surface area contributed by atoms with Crippen LogP contribution in [0.1, 0.15) is 62.3 Å². The largest absolute Gasteiger partial charge is 0.366 e. The van der Waals surface area contributed by atoms with Crippen molar-refractivity contribution >= 4 is 46.3 Å². The highest BCUT2D eigenvalue weighted by molar-refractivity contribution is 8.18. The van der Waals surface area contributed by atoms with Crippen LogP contribution in [-0.2, 0) is 11.3 Å². The van der Waals surface area contributed by atoms with E-state index in [0.717, 1.165) is 41.4 Å². The summed E-state index contributed by atoms with van der Waals surface area (Å²) in [7, 11) is 0. The lowest BCUT2D eigenvalue weighted by atomic mass is 9.79. The average Bonchev–Trinajstić information content (AvgIpc) is 2.98. The highest BCUT2D eigenvalue weighted by Gasteiger charge is 2.37. The fourth-order valence-electron chi connectivity index (χ4n) is 4.95. The van der Waals surface area contributed by atoms with Crippen LogP contribution in [-0.4, -0.2) is 28.1 Å². The number of carbonyl (C=O) groups excluding carboxylic acids is 2. The number of thioether (sulfide) groups is 1. The number of amides is 2. The van der Waals surface area contributed by atoms with E-state index in [9.17, 15) is 9.59 Å². The molecule has 2 aromatic carbocycles. The van der Waals surface area contributed by atoms with Crippen LogP contribution in [0.25, 0.3) is 6.08 Å². The number of hydrogen-bond acceptors (Lipinski definition) is 4. The van der Waals surface area contributed by atoms with Crippen molar-refractivity contribution in [2.75, 3.05) is 11.4 Å². The zero-order valence-electron chi connectivity index (χ0n) is 19.2. The van der Waals surface area contributed by atoms with Gasteiger partial charge in [0.2, 0.25) is 0 Å². The Morgan fingerprint density at radius 1 is 1.19 bits per heavy atom. The molecular formula is C26H29ClN2O2S. The van der Waals surface area contributed by atoms with E-state index in [1.165, 1.54) is 16.2 Å². The molecule has 6 heteroatoms. The molecule has 0 N–H and O–H groups in total. The van der Waals surface area contributed by atoms with Gasteiger partial charge in [-0.05, 0) is 104 Å². The molecule has 32 heavy (non-hydrogen) atoms. The summed E-state index contributed by atoms with van der Waals surface area (Å²) in [5, 5.41) is 0.393. The summed E-state index contributed by atoms with van der Waals surface area (Å²) >= 11 is 6.96. The van der Waals surface area contributed by atoms with Gasteiger partial charge in [0.25, 0.3) is 11.1 Å². The molecule has 0 unspecified atom stereocenters. The molecule has 0 aliphatic carbocycles. The van der Waals surface area contributed by atoms with Gasteiger partial charge in [0.1, 0.15) is 0 Å². The lowest BCUT2D eigenvalue weighted by molar-refractivity contribution is -0.123. The van der Waals surface area contributed by atoms with E-state index in [2.05, 4.69) is 51.7 Å². The number of nitrogens with zero attached hydrogens (tertiary/aromatic N) is 2. The molecule has 1 fully saturated rings. The Bertz CT molecular complexity index is 1110. The topological polar surface area (TPSA) is 40.6 Å². The Balaban J connectivity index is 1.64. The standard InChI is InChI=1S/C26H29ClN2O2S/c1-6-29-22-11-16(2)19(12-21(22)17(3)14-26(29,4)5)13-23-24(30)28(25(31)32-23)15-18-7-9-20(27)10-8-18/h7-13,17H,6,14-15H2,1-5H3/b23-13-/t17-/m0/s1. The molecule has 2 aliphatic rings. The van der Waals surface area contributed by atoms with Crippen LogP contribution >= 0.6 is 23.4 Å². The van der Waals surface area contributed by atoms with Gasteiger partial charge in [-0.1, -0.05) is 30.7 Å². The van der Waals surface area contributed by atoms with Gasteiger partial charge in [0.15, 0.2) is 0 Å². The second-order valence-corrected chi connectivity index (χ2v) is 10.8. The molecule has 2 amide bonds. The second-order valence-electron chi connectivity index (χ2n) is 9.32. The van der Waals surface area contributed by atoms with E-state index in [4.69, 9.17) is 11.6 Å². The third-order valence-electron chi connectivity index (χ3n) is 6.50. The summed E-state index contributed by atoms with van der Waals surface area (Å²) < 4.78 is 0. The third kappa shape index (κ3) is 4.20. The van der Waals surface area contributed by atoms with Crippen molar-refractivity contribution in [2.45, 2.75) is 59.0 Å². The normalized spacial score (nSPS) is 21.4. The maximum Gasteiger partial charge on any atom is 0.293 e. The summed E-state index contributed by atoms with van der Waals surface area (Å²) in [6.45, 7) is 12.3. The van der Waals surface area contributed by atoms with Gasteiger partial charge in [-0.25, -0.2) is 0 Å². The fourth-order valence-corrected chi connectivity index (χ4v) is 5.91. The number of aryl methyl sites for hydroxylation is 1. The highest BCUT2D eigenvalue weighted by Crippen LogP contribution is 2.45. The third-order valence-corrected chi connectivity index (χ3v) is 7.66. The lowest BCUT2D eigenvalue weighted by Crippen LogP contribution is -2.48. The van der Waals surface area contributed by atoms with Crippen LogP contribution in [0, 0.1) is 6.92 Å². The van der Waals surface area contributed by atoms with Gasteiger partial charge in [0, 0.05) is 22.8 Å². The van der Waals surface area contributed by atoms with Crippen LogP contribution in [0.4, 0.5) is 10.5 Å². The molecule has 0 saturated carbocycles. The monoisotopic (exact) mass is 468 g/mol. The van der Waals surface area contributed by atoms with E-state index in [-0.39, 0.29) is 23.2 Å². The molecule has 0 aromatic heterocycles. The van der Waals surface area contributed by atoms with E-state index in [0.29, 0.717) is 15.8 Å². The summed E-state index contributed by atoms with van der Waals surface area (Å²) in [5.41, 5.74) is 5.68. The summed E-state index contributed by atoms with van der Waals surface area (Å²) in [6, 6.07) is 11.7. The van der Waals surface area contributed by atoms with Crippen LogP contribution in [0.2, 0.25) is 5.02 Å². The Labute approximate surface area is 199 Å². The first kappa shape index (κ1) is 22.9. The first-order valence-corrected chi connectivity index (χ1v) is 12.2. The smallest absolute Gasteiger partial charge is 0.293 e. The van der Waals surface area contributed by atoms with Gasteiger partial charge in [-0.2, -0.15) is 0 Å². The van der Waals surface area contributed by atoms with Crippen LogP contribution in [0.15, 0.2) is 41.3 Å². The summed E-state index contributed by atoms with van der Waals surface area (Å²) in [6.07, 6.45) is 2.96. The van der Waals surface area contributed by atoms with Crippen molar-refractivity contribution in [2.24, 2.45) is 0 Å². The number of imide groups is 1. The number of anilines is 1. The zero-order chi connectivity index (χ0) is 23.2. The van der Waals surface area contributed by atoms with Crippen LogP contribution in [0.5, 0.6) is 0 Å². The lowest BCUT2D eigenvalue weighted by Gasteiger charge is -2.47. The number of rotatable bonds is 4. The van der Waals surface area contributed by atoms with Crippen molar-refractivity contribution in [3.8, 4) is 0 Å². The number of benzene rings is 2. The SMILES string of the molecule is CCN1c2cc(C)c(/C=C3\SC(=O)N(Cc4ccc(Cl)cc4)C3=O)cc2[C@@H](C)CC1(C)C. The first-order chi connectivity index (χ1) is 15.1. The number of carbonyl (C=O) groups is 2. The molecular weight excluding hydrogens is 440 g/mol. The van der Waals surface area contributed by atoms with Gasteiger partial charge in [0.05, 0.1) is 11.4 Å². The Morgan fingerprint density at radius 2 is 1.88 bits per heavy atom. The molecule has 0 radical (unpaired) electrons. The number of halogens is 1. The van der Waals surface area contributed by atoms with E-state index in [1.54, 1.807) is 12.1 Å².